The fourth-order valence-electron chi connectivity index (χ4n) is 4.25. The number of anilines is 1. The van der Waals surface area contributed by atoms with Crippen LogP contribution in [0.2, 0.25) is 0 Å². The summed E-state index contributed by atoms with van der Waals surface area (Å²) in [6.45, 7) is 9.27. The van der Waals surface area contributed by atoms with E-state index >= 15 is 0 Å². The molecule has 0 spiro atoms. The Labute approximate surface area is 160 Å². The van der Waals surface area contributed by atoms with Gasteiger partial charge in [-0.25, -0.2) is 0 Å². The minimum atomic E-state index is 0.553. The van der Waals surface area contributed by atoms with Crippen LogP contribution in [0.1, 0.15) is 102 Å². The molecule has 0 amide bonds. The third-order valence-electron chi connectivity index (χ3n) is 5.55. The SMILES string of the molecule is CCCC(C)c1cccc(NC(=S)NC2CCCC2)c1C(C)CCC. The first-order chi connectivity index (χ1) is 12.1. The van der Waals surface area contributed by atoms with Crippen molar-refractivity contribution < 1.29 is 0 Å². The molecule has 140 valence electrons. The van der Waals surface area contributed by atoms with Crippen LogP contribution in [-0.4, -0.2) is 11.2 Å². The molecule has 0 bridgehead atoms. The molecule has 1 aliphatic carbocycles. The van der Waals surface area contributed by atoms with Crippen molar-refractivity contribution in [3.05, 3.63) is 29.3 Å². The van der Waals surface area contributed by atoms with Gasteiger partial charge in [0.25, 0.3) is 0 Å². The molecule has 1 aromatic carbocycles. The van der Waals surface area contributed by atoms with Crippen LogP contribution in [0, 0.1) is 0 Å². The summed E-state index contributed by atoms with van der Waals surface area (Å²) in [5, 5.41) is 7.84. The molecule has 0 heterocycles. The molecule has 3 heteroatoms. The van der Waals surface area contributed by atoms with Crippen molar-refractivity contribution >= 4 is 23.0 Å². The Bertz CT molecular complexity index is 549. The number of hydrogen-bond donors (Lipinski definition) is 2. The normalized spacial score (nSPS) is 17.3. The lowest BCUT2D eigenvalue weighted by molar-refractivity contribution is 0.621. The Morgan fingerprint density at radius 1 is 1.08 bits per heavy atom. The molecule has 2 atom stereocenters. The van der Waals surface area contributed by atoms with Gasteiger partial charge in [-0.3, -0.25) is 0 Å². The first kappa shape index (κ1) is 20.2. The zero-order valence-corrected chi connectivity index (χ0v) is 17.3. The van der Waals surface area contributed by atoms with Crippen LogP contribution < -0.4 is 10.6 Å². The molecule has 1 aromatic rings. The van der Waals surface area contributed by atoms with Gasteiger partial charge in [-0.2, -0.15) is 0 Å². The number of benzene rings is 1. The Morgan fingerprint density at radius 2 is 1.72 bits per heavy atom. The Hall–Kier alpha value is -1.09. The standard InChI is InChI=1S/C22H36N2S/c1-5-10-16(3)19-14-9-15-20(21(19)17(4)11-6-2)24-22(25)23-18-12-7-8-13-18/h9,14-18H,5-8,10-13H2,1-4H3,(H2,23,24,25). The van der Waals surface area contributed by atoms with Crippen molar-refractivity contribution in [3.8, 4) is 0 Å². The average Bonchev–Trinajstić information content (AvgIpc) is 3.07. The maximum atomic E-state index is 5.62. The number of hydrogen-bond acceptors (Lipinski definition) is 1. The van der Waals surface area contributed by atoms with E-state index in [0.717, 1.165) is 5.11 Å². The van der Waals surface area contributed by atoms with Crippen molar-refractivity contribution in [1.82, 2.24) is 5.32 Å². The highest BCUT2D eigenvalue weighted by Crippen LogP contribution is 2.36. The lowest BCUT2D eigenvalue weighted by Crippen LogP contribution is -2.36. The van der Waals surface area contributed by atoms with E-state index in [-0.39, 0.29) is 0 Å². The maximum Gasteiger partial charge on any atom is 0.171 e. The van der Waals surface area contributed by atoms with E-state index in [9.17, 15) is 0 Å². The minimum Gasteiger partial charge on any atom is -0.360 e. The van der Waals surface area contributed by atoms with Gasteiger partial charge in [-0.05, 0) is 66.9 Å². The van der Waals surface area contributed by atoms with Gasteiger partial charge in [0.1, 0.15) is 0 Å². The van der Waals surface area contributed by atoms with E-state index in [1.807, 2.05) is 0 Å². The van der Waals surface area contributed by atoms with Crippen molar-refractivity contribution in [2.45, 2.75) is 96.9 Å². The van der Waals surface area contributed by atoms with Gasteiger partial charge >= 0.3 is 0 Å². The molecule has 2 unspecified atom stereocenters. The van der Waals surface area contributed by atoms with E-state index in [1.54, 1.807) is 0 Å². The largest absolute Gasteiger partial charge is 0.360 e. The molecular weight excluding hydrogens is 324 g/mol. The fourth-order valence-corrected chi connectivity index (χ4v) is 4.53. The second-order valence-electron chi connectivity index (χ2n) is 7.77. The van der Waals surface area contributed by atoms with Crippen molar-refractivity contribution in [2.24, 2.45) is 0 Å². The van der Waals surface area contributed by atoms with Crippen LogP contribution in [0.3, 0.4) is 0 Å². The first-order valence-electron chi connectivity index (χ1n) is 10.3. The summed E-state index contributed by atoms with van der Waals surface area (Å²) < 4.78 is 0. The molecule has 2 rings (SSSR count). The van der Waals surface area contributed by atoms with Crippen LogP contribution >= 0.6 is 12.2 Å². The first-order valence-corrected chi connectivity index (χ1v) is 10.7. The summed E-state index contributed by atoms with van der Waals surface area (Å²) in [5.74, 6) is 1.15. The fraction of sp³-hybridized carbons (Fsp3) is 0.682. The van der Waals surface area contributed by atoms with Crippen molar-refractivity contribution in [2.75, 3.05) is 5.32 Å². The molecule has 2 nitrogen and oxygen atoms in total. The third-order valence-corrected chi connectivity index (χ3v) is 5.77. The lowest BCUT2D eigenvalue weighted by Gasteiger charge is -2.25. The third kappa shape index (κ3) is 5.70. The van der Waals surface area contributed by atoms with Crippen LogP contribution in [-0.2, 0) is 0 Å². The molecule has 1 fully saturated rings. The van der Waals surface area contributed by atoms with Gasteiger partial charge in [-0.15, -0.1) is 0 Å². The number of rotatable bonds is 8. The molecule has 1 aliphatic rings. The average molecular weight is 361 g/mol. The lowest BCUT2D eigenvalue weighted by atomic mass is 9.84. The Morgan fingerprint density at radius 3 is 2.36 bits per heavy atom. The molecule has 2 N–H and O–H groups in total. The van der Waals surface area contributed by atoms with Crippen LogP contribution in [0.4, 0.5) is 5.69 Å². The predicted octanol–water partition coefficient (Wildman–Crippen LogP) is 6.72. The Balaban J connectivity index is 2.22. The van der Waals surface area contributed by atoms with E-state index < -0.39 is 0 Å². The number of nitrogens with one attached hydrogen (secondary N) is 2. The van der Waals surface area contributed by atoms with Crippen LogP contribution in [0.25, 0.3) is 0 Å². The molecule has 0 saturated heterocycles. The van der Waals surface area contributed by atoms with Crippen LogP contribution in [0.15, 0.2) is 18.2 Å². The van der Waals surface area contributed by atoms with Gasteiger partial charge in [0.2, 0.25) is 0 Å². The molecule has 0 aromatic heterocycles. The topological polar surface area (TPSA) is 24.1 Å². The molecular formula is C22H36N2S. The highest BCUT2D eigenvalue weighted by atomic mass is 32.1. The zero-order valence-electron chi connectivity index (χ0n) is 16.5. The van der Waals surface area contributed by atoms with E-state index in [1.165, 1.54) is 68.2 Å². The van der Waals surface area contributed by atoms with E-state index in [0.29, 0.717) is 17.9 Å². The summed E-state index contributed by atoms with van der Waals surface area (Å²) in [7, 11) is 0. The van der Waals surface area contributed by atoms with Crippen molar-refractivity contribution in [3.63, 3.8) is 0 Å². The summed E-state index contributed by atoms with van der Waals surface area (Å²) in [6, 6.07) is 7.26. The van der Waals surface area contributed by atoms with Crippen molar-refractivity contribution in [1.29, 1.82) is 0 Å². The summed E-state index contributed by atoms with van der Waals surface area (Å²) in [4.78, 5) is 0. The van der Waals surface area contributed by atoms with Gasteiger partial charge in [0.05, 0.1) is 0 Å². The molecule has 0 aliphatic heterocycles. The number of thiocarbonyl (C=S) groups is 1. The second-order valence-corrected chi connectivity index (χ2v) is 8.18. The summed E-state index contributed by atoms with van der Waals surface area (Å²) >= 11 is 5.62. The smallest absolute Gasteiger partial charge is 0.171 e. The molecule has 0 radical (unpaired) electrons. The zero-order chi connectivity index (χ0) is 18.2. The highest BCUT2D eigenvalue weighted by molar-refractivity contribution is 7.80. The van der Waals surface area contributed by atoms with Gasteiger partial charge < -0.3 is 10.6 Å². The van der Waals surface area contributed by atoms with E-state index in [4.69, 9.17) is 12.2 Å². The summed E-state index contributed by atoms with van der Waals surface area (Å²) in [6.07, 6.45) is 10.0. The van der Waals surface area contributed by atoms with Crippen LogP contribution in [0.5, 0.6) is 0 Å². The molecule has 25 heavy (non-hydrogen) atoms. The second kappa shape index (κ2) is 10.2. The molecule has 1 saturated carbocycles. The monoisotopic (exact) mass is 360 g/mol. The van der Waals surface area contributed by atoms with Gasteiger partial charge in [-0.1, -0.05) is 65.5 Å². The summed E-state index contributed by atoms with van der Waals surface area (Å²) in [5.41, 5.74) is 4.18. The quantitative estimate of drug-likeness (QED) is 0.503. The Kier molecular flexibility index (Phi) is 8.21. The van der Waals surface area contributed by atoms with E-state index in [2.05, 4.69) is 56.5 Å². The minimum absolute atomic E-state index is 0.553. The van der Waals surface area contributed by atoms with Gasteiger partial charge in [0.15, 0.2) is 5.11 Å². The maximum absolute atomic E-state index is 5.62. The van der Waals surface area contributed by atoms with Gasteiger partial charge in [0, 0.05) is 11.7 Å². The predicted molar refractivity (Wildman–Crippen MR) is 115 cm³/mol. The highest BCUT2D eigenvalue weighted by Gasteiger charge is 2.20.